The number of nitrogens with one attached hydrogen (secondary N) is 1. The van der Waals surface area contributed by atoms with E-state index in [4.69, 9.17) is 5.73 Å². The number of amides is 1. The van der Waals surface area contributed by atoms with Crippen molar-refractivity contribution in [2.24, 2.45) is 5.73 Å². The predicted molar refractivity (Wildman–Crippen MR) is 65.1 cm³/mol. The third-order valence-corrected chi connectivity index (χ3v) is 2.24. The number of carbonyl (C=O) groups is 1. The van der Waals surface area contributed by atoms with E-state index in [1.807, 2.05) is 0 Å². The molecule has 0 fully saturated rings. The van der Waals surface area contributed by atoms with Gasteiger partial charge < -0.3 is 16.0 Å². The van der Waals surface area contributed by atoms with Gasteiger partial charge in [0.1, 0.15) is 0 Å². The van der Waals surface area contributed by atoms with Crippen molar-refractivity contribution in [3.05, 3.63) is 28.3 Å². The monoisotopic (exact) mass is 238 g/mol. The second-order valence-corrected chi connectivity index (χ2v) is 3.57. The van der Waals surface area contributed by atoms with Gasteiger partial charge in [0.25, 0.3) is 5.69 Å². The minimum Gasteiger partial charge on any atom is -0.388 e. The standard InChI is InChI=1S/C10H14N4O3/c1-12-7-3-8(13(2)6-10(11)15)5-9(4-7)14(16)17/h3-5,12H,6H2,1-2H3,(H2,11,15). The fourth-order valence-corrected chi connectivity index (χ4v) is 1.39. The van der Waals surface area contributed by atoms with Crippen LogP contribution in [0.5, 0.6) is 0 Å². The Kier molecular flexibility index (Phi) is 3.86. The molecule has 0 heterocycles. The Labute approximate surface area is 98.4 Å². The van der Waals surface area contributed by atoms with E-state index in [2.05, 4.69) is 5.32 Å². The number of non-ortho nitro benzene ring substituents is 1. The molecule has 7 nitrogen and oxygen atoms in total. The highest BCUT2D eigenvalue weighted by Crippen LogP contribution is 2.25. The number of benzene rings is 1. The summed E-state index contributed by atoms with van der Waals surface area (Å²) < 4.78 is 0. The third-order valence-electron chi connectivity index (χ3n) is 2.24. The summed E-state index contributed by atoms with van der Waals surface area (Å²) in [6.07, 6.45) is 0. The second kappa shape index (κ2) is 5.15. The van der Waals surface area contributed by atoms with E-state index in [9.17, 15) is 14.9 Å². The first-order valence-corrected chi connectivity index (χ1v) is 4.90. The molecule has 0 bridgehead atoms. The number of nitrogens with two attached hydrogens (primary N) is 1. The van der Waals surface area contributed by atoms with Crippen LogP contribution in [-0.4, -0.2) is 31.5 Å². The van der Waals surface area contributed by atoms with Crippen LogP contribution in [0.2, 0.25) is 0 Å². The molecule has 0 aromatic heterocycles. The molecule has 0 aliphatic heterocycles. The molecule has 7 heteroatoms. The smallest absolute Gasteiger partial charge is 0.273 e. The van der Waals surface area contributed by atoms with Gasteiger partial charge in [-0.15, -0.1) is 0 Å². The molecule has 92 valence electrons. The fraction of sp³-hybridized carbons (Fsp3) is 0.300. The number of hydrogen-bond donors (Lipinski definition) is 2. The van der Waals surface area contributed by atoms with Gasteiger partial charge in [-0.05, 0) is 6.07 Å². The van der Waals surface area contributed by atoms with Crippen LogP contribution in [0.15, 0.2) is 18.2 Å². The number of hydrogen-bond acceptors (Lipinski definition) is 5. The van der Waals surface area contributed by atoms with E-state index in [1.54, 1.807) is 25.1 Å². The Bertz CT molecular complexity index is 447. The Morgan fingerprint density at radius 2 is 2.18 bits per heavy atom. The van der Waals surface area contributed by atoms with Gasteiger partial charge in [-0.1, -0.05) is 0 Å². The van der Waals surface area contributed by atoms with E-state index in [0.717, 1.165) is 0 Å². The summed E-state index contributed by atoms with van der Waals surface area (Å²) in [5.41, 5.74) is 6.19. The van der Waals surface area contributed by atoms with E-state index < -0.39 is 10.8 Å². The van der Waals surface area contributed by atoms with Gasteiger partial charge in [0.15, 0.2) is 0 Å². The van der Waals surface area contributed by atoms with Crippen molar-refractivity contribution >= 4 is 23.0 Å². The highest BCUT2D eigenvalue weighted by molar-refractivity contribution is 5.80. The Hall–Kier alpha value is -2.31. The van der Waals surface area contributed by atoms with Gasteiger partial charge in [-0.2, -0.15) is 0 Å². The lowest BCUT2D eigenvalue weighted by Gasteiger charge is -2.17. The van der Waals surface area contributed by atoms with Crippen molar-refractivity contribution in [3.8, 4) is 0 Å². The molecule has 0 atom stereocenters. The average Bonchev–Trinajstić information content (AvgIpc) is 2.27. The van der Waals surface area contributed by atoms with Gasteiger partial charge in [0.2, 0.25) is 5.91 Å². The lowest BCUT2D eigenvalue weighted by molar-refractivity contribution is -0.384. The molecule has 0 radical (unpaired) electrons. The minimum atomic E-state index is -0.495. The second-order valence-electron chi connectivity index (χ2n) is 3.57. The van der Waals surface area contributed by atoms with Gasteiger partial charge in [-0.25, -0.2) is 0 Å². The van der Waals surface area contributed by atoms with Gasteiger partial charge >= 0.3 is 0 Å². The Morgan fingerprint density at radius 3 is 2.65 bits per heavy atom. The number of carbonyl (C=O) groups excluding carboxylic acids is 1. The molecule has 1 amide bonds. The van der Waals surface area contributed by atoms with Crippen molar-refractivity contribution in [1.82, 2.24) is 0 Å². The summed E-state index contributed by atoms with van der Waals surface area (Å²) in [5.74, 6) is -0.495. The number of nitrogens with zero attached hydrogens (tertiary/aromatic N) is 2. The molecule has 17 heavy (non-hydrogen) atoms. The maximum Gasteiger partial charge on any atom is 0.273 e. The van der Waals surface area contributed by atoms with Crippen LogP contribution in [0, 0.1) is 10.1 Å². The zero-order valence-electron chi connectivity index (χ0n) is 9.64. The van der Waals surface area contributed by atoms with Crippen LogP contribution in [-0.2, 0) is 4.79 Å². The summed E-state index contributed by atoms with van der Waals surface area (Å²) in [5, 5.41) is 13.6. The average molecular weight is 238 g/mol. The quantitative estimate of drug-likeness (QED) is 0.576. The van der Waals surface area contributed by atoms with Crippen LogP contribution in [0.1, 0.15) is 0 Å². The molecule has 3 N–H and O–H groups in total. The van der Waals surface area contributed by atoms with Crippen LogP contribution < -0.4 is 16.0 Å². The number of rotatable bonds is 5. The van der Waals surface area contributed by atoms with Crippen molar-refractivity contribution in [2.75, 3.05) is 30.9 Å². The van der Waals surface area contributed by atoms with Crippen LogP contribution >= 0.6 is 0 Å². The fourth-order valence-electron chi connectivity index (χ4n) is 1.39. The number of nitro groups is 1. The molecular weight excluding hydrogens is 224 g/mol. The van der Waals surface area contributed by atoms with Gasteiger partial charge in [0.05, 0.1) is 11.5 Å². The third kappa shape index (κ3) is 3.33. The number of likely N-dealkylation sites (N-methyl/N-ethyl adjacent to an activating group) is 1. The zero-order valence-corrected chi connectivity index (χ0v) is 9.64. The minimum absolute atomic E-state index is 0.00429. The first kappa shape index (κ1) is 12.8. The van der Waals surface area contributed by atoms with Crippen molar-refractivity contribution in [2.45, 2.75) is 0 Å². The molecule has 0 aliphatic rings. The van der Waals surface area contributed by atoms with Gasteiger partial charge in [0, 0.05) is 37.6 Å². The Morgan fingerprint density at radius 1 is 1.53 bits per heavy atom. The van der Waals surface area contributed by atoms with E-state index in [-0.39, 0.29) is 12.2 Å². The first-order chi connectivity index (χ1) is 7.93. The van der Waals surface area contributed by atoms with Crippen molar-refractivity contribution < 1.29 is 9.72 Å². The largest absolute Gasteiger partial charge is 0.388 e. The van der Waals surface area contributed by atoms with E-state index in [1.165, 1.54) is 12.1 Å². The molecular formula is C10H14N4O3. The molecule has 0 aliphatic carbocycles. The molecule has 0 unspecified atom stereocenters. The van der Waals surface area contributed by atoms with Crippen LogP contribution in [0.4, 0.5) is 17.1 Å². The van der Waals surface area contributed by atoms with E-state index >= 15 is 0 Å². The number of nitro benzene ring substituents is 1. The normalized spacial score (nSPS) is 9.76. The zero-order chi connectivity index (χ0) is 13.0. The predicted octanol–water partition coefficient (Wildman–Crippen LogP) is 0.558. The Balaban J connectivity index is 3.10. The van der Waals surface area contributed by atoms with Crippen LogP contribution in [0.25, 0.3) is 0 Å². The van der Waals surface area contributed by atoms with Crippen molar-refractivity contribution in [1.29, 1.82) is 0 Å². The molecule has 0 saturated carbocycles. The molecule has 0 spiro atoms. The maximum absolute atomic E-state index is 10.8. The molecule has 1 aromatic carbocycles. The number of primary amides is 1. The highest BCUT2D eigenvalue weighted by atomic mass is 16.6. The topological polar surface area (TPSA) is 102 Å². The first-order valence-electron chi connectivity index (χ1n) is 4.90. The summed E-state index contributed by atoms with van der Waals surface area (Å²) in [7, 11) is 3.31. The molecule has 1 rings (SSSR count). The number of anilines is 2. The van der Waals surface area contributed by atoms with Crippen molar-refractivity contribution in [3.63, 3.8) is 0 Å². The lowest BCUT2D eigenvalue weighted by Crippen LogP contribution is -2.30. The highest BCUT2D eigenvalue weighted by Gasteiger charge is 2.12. The lowest BCUT2D eigenvalue weighted by atomic mass is 10.2. The summed E-state index contributed by atoms with van der Waals surface area (Å²) >= 11 is 0. The maximum atomic E-state index is 10.8. The SMILES string of the molecule is CNc1cc(N(C)CC(N)=O)cc([N+](=O)[O-])c1. The molecule has 1 aromatic rings. The summed E-state index contributed by atoms with van der Waals surface area (Å²) in [6.45, 7) is 0.00429. The summed E-state index contributed by atoms with van der Waals surface area (Å²) in [4.78, 5) is 22.6. The molecule has 0 saturated heterocycles. The van der Waals surface area contributed by atoms with Crippen LogP contribution in [0.3, 0.4) is 0 Å². The van der Waals surface area contributed by atoms with E-state index in [0.29, 0.717) is 11.4 Å². The summed E-state index contributed by atoms with van der Waals surface area (Å²) in [6, 6.07) is 4.52. The van der Waals surface area contributed by atoms with Gasteiger partial charge in [-0.3, -0.25) is 14.9 Å².